The maximum absolute atomic E-state index is 12.8. The molecule has 1 amide bonds. The van der Waals surface area contributed by atoms with Crippen molar-refractivity contribution in [3.8, 4) is 0 Å². The number of nitrogens with one attached hydrogen (secondary N) is 2. The molecule has 2 aromatic rings. The molecule has 9 heteroatoms. The van der Waals surface area contributed by atoms with E-state index in [0.717, 1.165) is 5.56 Å². The maximum Gasteiger partial charge on any atom is 0.411 e. The van der Waals surface area contributed by atoms with Gasteiger partial charge in [0.2, 0.25) is 10.0 Å². The molecule has 31 heavy (non-hydrogen) atoms. The van der Waals surface area contributed by atoms with Gasteiger partial charge in [-0.05, 0) is 49.1 Å². The van der Waals surface area contributed by atoms with Gasteiger partial charge in [0.25, 0.3) is 0 Å². The van der Waals surface area contributed by atoms with Crippen LogP contribution in [0.3, 0.4) is 0 Å². The van der Waals surface area contributed by atoms with E-state index in [2.05, 4.69) is 10.0 Å². The molecule has 0 bridgehead atoms. The standard InChI is InChI=1S/C22H28N2O6S/c1-4-29-21(25)20(14-17-8-6-5-7-9-17)24-31(27,28)19-12-10-18(11-13-19)23-22(26)30-15-16(2)3/h5-13,16,20,24H,4,14-15H2,1-3H3,(H,23,26)/t20-/m0/s1. The van der Waals surface area contributed by atoms with Gasteiger partial charge in [-0.25, -0.2) is 13.2 Å². The van der Waals surface area contributed by atoms with Crippen molar-refractivity contribution in [3.63, 3.8) is 0 Å². The molecule has 0 fully saturated rings. The molecule has 2 N–H and O–H groups in total. The lowest BCUT2D eigenvalue weighted by Gasteiger charge is -2.18. The lowest BCUT2D eigenvalue weighted by molar-refractivity contribution is -0.145. The molecular formula is C22H28N2O6S. The van der Waals surface area contributed by atoms with Crippen LogP contribution in [0.1, 0.15) is 26.3 Å². The zero-order valence-electron chi connectivity index (χ0n) is 17.8. The van der Waals surface area contributed by atoms with E-state index in [0.29, 0.717) is 5.69 Å². The van der Waals surface area contributed by atoms with E-state index in [1.165, 1.54) is 24.3 Å². The van der Waals surface area contributed by atoms with Crippen LogP contribution in [0.4, 0.5) is 10.5 Å². The molecular weight excluding hydrogens is 420 g/mol. The molecule has 0 unspecified atom stereocenters. The minimum atomic E-state index is -4.00. The number of amides is 1. The van der Waals surface area contributed by atoms with E-state index in [4.69, 9.17) is 9.47 Å². The molecule has 0 spiro atoms. The zero-order chi connectivity index (χ0) is 22.9. The van der Waals surface area contributed by atoms with Gasteiger partial charge < -0.3 is 9.47 Å². The highest BCUT2D eigenvalue weighted by atomic mass is 32.2. The van der Waals surface area contributed by atoms with Crippen LogP contribution in [0, 0.1) is 5.92 Å². The molecule has 1 atom stereocenters. The Morgan fingerprint density at radius 3 is 2.19 bits per heavy atom. The van der Waals surface area contributed by atoms with Crippen molar-refractivity contribution < 1.29 is 27.5 Å². The highest BCUT2D eigenvalue weighted by Crippen LogP contribution is 2.16. The Hall–Kier alpha value is -2.91. The van der Waals surface area contributed by atoms with E-state index in [9.17, 15) is 18.0 Å². The summed E-state index contributed by atoms with van der Waals surface area (Å²) in [6, 6.07) is 13.6. The summed E-state index contributed by atoms with van der Waals surface area (Å²) in [6.45, 7) is 5.91. The second-order valence-corrected chi connectivity index (χ2v) is 8.97. The molecule has 168 valence electrons. The summed E-state index contributed by atoms with van der Waals surface area (Å²) in [5.41, 5.74) is 1.18. The number of anilines is 1. The normalized spacial score (nSPS) is 12.3. The van der Waals surface area contributed by atoms with Gasteiger partial charge in [0.15, 0.2) is 0 Å². The van der Waals surface area contributed by atoms with E-state index < -0.39 is 28.1 Å². The summed E-state index contributed by atoms with van der Waals surface area (Å²) in [5, 5.41) is 2.53. The molecule has 0 aromatic heterocycles. The average molecular weight is 449 g/mol. The summed E-state index contributed by atoms with van der Waals surface area (Å²) >= 11 is 0. The highest BCUT2D eigenvalue weighted by Gasteiger charge is 2.27. The van der Waals surface area contributed by atoms with Gasteiger partial charge in [-0.1, -0.05) is 44.2 Å². The van der Waals surface area contributed by atoms with Crippen LogP contribution in [0.15, 0.2) is 59.5 Å². The molecule has 2 aromatic carbocycles. The number of hydrogen-bond donors (Lipinski definition) is 2. The van der Waals surface area contributed by atoms with Crippen LogP contribution >= 0.6 is 0 Å². The Balaban J connectivity index is 2.10. The van der Waals surface area contributed by atoms with Crippen LogP contribution in [0.2, 0.25) is 0 Å². The predicted molar refractivity (Wildman–Crippen MR) is 117 cm³/mol. The average Bonchev–Trinajstić information content (AvgIpc) is 2.73. The maximum atomic E-state index is 12.8. The summed E-state index contributed by atoms with van der Waals surface area (Å²) < 4.78 is 38.1. The Morgan fingerprint density at radius 2 is 1.61 bits per heavy atom. The van der Waals surface area contributed by atoms with Gasteiger partial charge in [0.1, 0.15) is 6.04 Å². The summed E-state index contributed by atoms with van der Waals surface area (Å²) in [6.07, 6.45) is -0.465. The first-order chi connectivity index (χ1) is 14.7. The predicted octanol–water partition coefficient (Wildman–Crippen LogP) is 3.34. The fourth-order valence-electron chi connectivity index (χ4n) is 2.63. The fraction of sp³-hybridized carbons (Fsp3) is 0.364. The zero-order valence-corrected chi connectivity index (χ0v) is 18.6. The SMILES string of the molecule is CCOC(=O)[C@H](Cc1ccccc1)NS(=O)(=O)c1ccc(NC(=O)OCC(C)C)cc1. The van der Waals surface area contributed by atoms with Crippen LogP contribution in [-0.4, -0.2) is 39.7 Å². The van der Waals surface area contributed by atoms with Gasteiger partial charge >= 0.3 is 12.1 Å². The lowest BCUT2D eigenvalue weighted by atomic mass is 10.1. The lowest BCUT2D eigenvalue weighted by Crippen LogP contribution is -2.43. The Kier molecular flexibility index (Phi) is 9.02. The number of carbonyl (C=O) groups is 2. The molecule has 0 heterocycles. The molecule has 0 aliphatic rings. The Morgan fingerprint density at radius 1 is 0.968 bits per heavy atom. The van der Waals surface area contributed by atoms with Crippen molar-refractivity contribution in [2.45, 2.75) is 38.1 Å². The Bertz CT molecular complexity index is 959. The number of hydrogen-bond acceptors (Lipinski definition) is 6. The van der Waals surface area contributed by atoms with Crippen molar-refractivity contribution >= 4 is 27.8 Å². The number of esters is 1. The van der Waals surface area contributed by atoms with Crippen molar-refractivity contribution in [1.82, 2.24) is 4.72 Å². The second kappa shape index (κ2) is 11.5. The molecule has 2 rings (SSSR count). The largest absolute Gasteiger partial charge is 0.465 e. The molecule has 0 saturated carbocycles. The third-order valence-electron chi connectivity index (χ3n) is 4.11. The first-order valence-corrected chi connectivity index (χ1v) is 11.5. The highest BCUT2D eigenvalue weighted by molar-refractivity contribution is 7.89. The third-order valence-corrected chi connectivity index (χ3v) is 5.60. The quantitative estimate of drug-likeness (QED) is 0.539. The van der Waals surface area contributed by atoms with Gasteiger partial charge in [0, 0.05) is 5.69 Å². The molecule has 8 nitrogen and oxygen atoms in total. The van der Waals surface area contributed by atoms with Crippen molar-refractivity contribution in [2.75, 3.05) is 18.5 Å². The molecule has 0 aliphatic heterocycles. The smallest absolute Gasteiger partial charge is 0.411 e. The summed E-state index contributed by atoms with van der Waals surface area (Å²) in [4.78, 5) is 24.0. The van der Waals surface area contributed by atoms with E-state index >= 15 is 0 Å². The third kappa shape index (κ3) is 8.03. The first-order valence-electron chi connectivity index (χ1n) is 9.98. The topological polar surface area (TPSA) is 111 Å². The Labute approximate surface area is 183 Å². The van der Waals surface area contributed by atoms with Crippen molar-refractivity contribution in [2.24, 2.45) is 5.92 Å². The monoisotopic (exact) mass is 448 g/mol. The molecule has 0 radical (unpaired) electrons. The molecule has 0 saturated heterocycles. The van der Waals surface area contributed by atoms with Gasteiger partial charge in [-0.2, -0.15) is 4.72 Å². The van der Waals surface area contributed by atoms with Crippen LogP contribution < -0.4 is 10.0 Å². The number of rotatable bonds is 10. The number of sulfonamides is 1. The minimum Gasteiger partial charge on any atom is -0.465 e. The number of ether oxygens (including phenoxy) is 2. The minimum absolute atomic E-state index is 0.0454. The number of benzene rings is 2. The van der Waals surface area contributed by atoms with Crippen LogP contribution in [-0.2, 0) is 30.7 Å². The molecule has 0 aliphatic carbocycles. The fourth-order valence-corrected chi connectivity index (χ4v) is 3.82. The van der Waals surface area contributed by atoms with E-state index in [-0.39, 0.29) is 30.4 Å². The van der Waals surface area contributed by atoms with Gasteiger partial charge in [0.05, 0.1) is 18.1 Å². The van der Waals surface area contributed by atoms with Gasteiger partial charge in [-0.15, -0.1) is 0 Å². The summed E-state index contributed by atoms with van der Waals surface area (Å²) in [7, 11) is -4.00. The summed E-state index contributed by atoms with van der Waals surface area (Å²) in [5.74, 6) is -0.450. The van der Waals surface area contributed by atoms with Crippen LogP contribution in [0.5, 0.6) is 0 Å². The van der Waals surface area contributed by atoms with E-state index in [1.807, 2.05) is 32.0 Å². The van der Waals surface area contributed by atoms with Gasteiger partial charge in [-0.3, -0.25) is 10.1 Å². The number of carbonyl (C=O) groups excluding carboxylic acids is 2. The van der Waals surface area contributed by atoms with Crippen molar-refractivity contribution in [3.05, 3.63) is 60.2 Å². The van der Waals surface area contributed by atoms with Crippen LogP contribution in [0.25, 0.3) is 0 Å². The first kappa shape index (κ1) is 24.4. The van der Waals surface area contributed by atoms with Crippen molar-refractivity contribution in [1.29, 1.82) is 0 Å². The second-order valence-electron chi connectivity index (χ2n) is 7.26. The van der Waals surface area contributed by atoms with E-state index in [1.54, 1.807) is 19.1 Å².